The molecule has 0 saturated heterocycles. The summed E-state index contributed by atoms with van der Waals surface area (Å²) in [5.41, 5.74) is 1.14. The lowest BCUT2D eigenvalue weighted by molar-refractivity contribution is 0.112. The van der Waals surface area contributed by atoms with Gasteiger partial charge < -0.3 is 10.0 Å². The molecule has 86 valence electrons. The number of hydrogen-bond donors (Lipinski definition) is 1. The van der Waals surface area contributed by atoms with Gasteiger partial charge in [-0.25, -0.2) is 4.79 Å². The molecule has 0 fully saturated rings. The van der Waals surface area contributed by atoms with E-state index in [1.165, 1.54) is 16.2 Å². The van der Waals surface area contributed by atoms with Crippen LogP contribution in [0.25, 0.3) is 0 Å². The van der Waals surface area contributed by atoms with E-state index in [-0.39, 0.29) is 6.04 Å². The number of thiophene rings is 1. The Balaban J connectivity index is 2.39. The Morgan fingerprint density at radius 1 is 1.75 bits per heavy atom. The minimum Gasteiger partial charge on any atom is -0.465 e. The highest BCUT2D eigenvalue weighted by molar-refractivity contribution is 7.13. The van der Waals surface area contributed by atoms with Crippen LogP contribution in [0.4, 0.5) is 4.79 Å². The van der Waals surface area contributed by atoms with Crippen LogP contribution in [0.3, 0.4) is 0 Å². The summed E-state index contributed by atoms with van der Waals surface area (Å²) >= 11 is 1.42. The minimum atomic E-state index is -0.876. The molecule has 0 aliphatic carbocycles. The molecule has 1 unspecified atom stereocenters. The zero-order valence-corrected chi connectivity index (χ0v) is 9.79. The van der Waals surface area contributed by atoms with E-state index in [9.17, 15) is 9.59 Å². The van der Waals surface area contributed by atoms with Crippen LogP contribution in [-0.2, 0) is 6.42 Å². The Kier molecular flexibility index (Phi) is 2.96. The summed E-state index contributed by atoms with van der Waals surface area (Å²) in [6.45, 7) is 2.49. The first-order valence-electron chi connectivity index (χ1n) is 5.24. The lowest BCUT2D eigenvalue weighted by atomic mass is 10.00. The molecule has 0 saturated carbocycles. The van der Waals surface area contributed by atoms with E-state index < -0.39 is 6.09 Å². The summed E-state index contributed by atoms with van der Waals surface area (Å²) in [6, 6.07) is 1.80. The third kappa shape index (κ3) is 1.71. The van der Waals surface area contributed by atoms with Crippen molar-refractivity contribution in [1.29, 1.82) is 0 Å². The van der Waals surface area contributed by atoms with Crippen LogP contribution >= 0.6 is 11.3 Å². The van der Waals surface area contributed by atoms with Gasteiger partial charge in [-0.15, -0.1) is 11.3 Å². The largest absolute Gasteiger partial charge is 0.465 e. The molecular weight excluding hydrogens is 226 g/mol. The summed E-state index contributed by atoms with van der Waals surface area (Å²) in [4.78, 5) is 25.0. The molecule has 1 aromatic rings. The number of nitrogens with zero attached hydrogens (tertiary/aromatic N) is 1. The van der Waals surface area contributed by atoms with Gasteiger partial charge in [0.15, 0.2) is 6.29 Å². The molecular formula is C11H13NO3S. The standard InChI is InChI=1S/C11H13NO3S/c1-2-9-10-7(5-8(6-13)16-10)3-4-12(9)11(14)15/h5-6,9H,2-4H2,1H3,(H,14,15). The second-order valence-electron chi connectivity index (χ2n) is 3.81. The van der Waals surface area contributed by atoms with E-state index in [2.05, 4.69) is 0 Å². The Labute approximate surface area is 97.5 Å². The number of amides is 1. The van der Waals surface area contributed by atoms with Gasteiger partial charge in [-0.1, -0.05) is 6.92 Å². The monoisotopic (exact) mass is 239 g/mol. The molecule has 1 atom stereocenters. The van der Waals surface area contributed by atoms with Crippen molar-refractivity contribution in [3.63, 3.8) is 0 Å². The van der Waals surface area contributed by atoms with Crippen molar-refractivity contribution in [2.24, 2.45) is 0 Å². The first kappa shape index (κ1) is 11.1. The van der Waals surface area contributed by atoms with E-state index in [1.807, 2.05) is 13.0 Å². The molecule has 0 aromatic carbocycles. The van der Waals surface area contributed by atoms with Gasteiger partial charge in [-0.2, -0.15) is 0 Å². The molecule has 0 spiro atoms. The van der Waals surface area contributed by atoms with Crippen molar-refractivity contribution in [3.05, 3.63) is 21.4 Å². The first-order valence-corrected chi connectivity index (χ1v) is 6.06. The second-order valence-corrected chi connectivity index (χ2v) is 4.92. The lowest BCUT2D eigenvalue weighted by Gasteiger charge is -2.32. The molecule has 0 bridgehead atoms. The van der Waals surface area contributed by atoms with Crippen LogP contribution in [0.1, 0.15) is 39.5 Å². The normalized spacial score (nSPS) is 19.3. The van der Waals surface area contributed by atoms with Gasteiger partial charge in [-0.3, -0.25) is 4.79 Å². The average Bonchev–Trinajstić information content (AvgIpc) is 2.69. The van der Waals surface area contributed by atoms with Crippen LogP contribution in [0.2, 0.25) is 0 Å². The summed E-state index contributed by atoms with van der Waals surface area (Å²) < 4.78 is 0. The van der Waals surface area contributed by atoms with Gasteiger partial charge in [0.25, 0.3) is 0 Å². The first-order chi connectivity index (χ1) is 7.67. The zero-order chi connectivity index (χ0) is 11.7. The number of carbonyl (C=O) groups excluding carboxylic acids is 1. The van der Waals surface area contributed by atoms with E-state index in [0.29, 0.717) is 17.8 Å². The van der Waals surface area contributed by atoms with Gasteiger partial charge in [0.1, 0.15) is 0 Å². The summed E-state index contributed by atoms with van der Waals surface area (Å²) in [7, 11) is 0. The highest BCUT2D eigenvalue weighted by atomic mass is 32.1. The highest BCUT2D eigenvalue weighted by Gasteiger charge is 2.31. The molecule has 2 heterocycles. The van der Waals surface area contributed by atoms with Crippen LogP contribution in [-0.4, -0.2) is 28.9 Å². The molecule has 1 aliphatic rings. The summed E-state index contributed by atoms with van der Waals surface area (Å²) in [6.07, 6.45) is 1.42. The van der Waals surface area contributed by atoms with Crippen molar-refractivity contribution < 1.29 is 14.7 Å². The predicted molar refractivity (Wildman–Crippen MR) is 61.2 cm³/mol. The van der Waals surface area contributed by atoms with E-state index in [1.54, 1.807) is 0 Å². The van der Waals surface area contributed by atoms with E-state index in [0.717, 1.165) is 23.1 Å². The summed E-state index contributed by atoms with van der Waals surface area (Å²) in [5, 5.41) is 9.09. The van der Waals surface area contributed by atoms with Crippen molar-refractivity contribution in [2.45, 2.75) is 25.8 Å². The molecule has 0 radical (unpaired) electrons. The average molecular weight is 239 g/mol. The molecule has 1 N–H and O–H groups in total. The van der Waals surface area contributed by atoms with Gasteiger partial charge in [0, 0.05) is 11.4 Å². The Morgan fingerprint density at radius 3 is 3.06 bits per heavy atom. The number of carboxylic acid groups (broad SMARTS) is 1. The zero-order valence-electron chi connectivity index (χ0n) is 8.97. The molecule has 4 nitrogen and oxygen atoms in total. The van der Waals surface area contributed by atoms with Crippen LogP contribution in [0.5, 0.6) is 0 Å². The maximum atomic E-state index is 11.1. The van der Waals surface area contributed by atoms with Gasteiger partial charge >= 0.3 is 6.09 Å². The predicted octanol–water partition coefficient (Wildman–Crippen LogP) is 2.55. The second kappa shape index (κ2) is 4.25. The molecule has 1 aliphatic heterocycles. The fraction of sp³-hybridized carbons (Fsp3) is 0.455. The minimum absolute atomic E-state index is 0.0834. The fourth-order valence-corrected chi connectivity index (χ4v) is 3.40. The molecule has 16 heavy (non-hydrogen) atoms. The number of aldehydes is 1. The lowest BCUT2D eigenvalue weighted by Crippen LogP contribution is -2.38. The van der Waals surface area contributed by atoms with Gasteiger partial charge in [-0.05, 0) is 24.5 Å². The maximum absolute atomic E-state index is 11.1. The smallest absolute Gasteiger partial charge is 0.407 e. The van der Waals surface area contributed by atoms with Crippen molar-refractivity contribution in [2.75, 3.05) is 6.54 Å². The number of hydrogen-bond acceptors (Lipinski definition) is 3. The van der Waals surface area contributed by atoms with E-state index in [4.69, 9.17) is 5.11 Å². The van der Waals surface area contributed by atoms with Crippen molar-refractivity contribution in [3.8, 4) is 0 Å². The highest BCUT2D eigenvalue weighted by Crippen LogP contribution is 2.37. The maximum Gasteiger partial charge on any atom is 0.407 e. The Bertz CT molecular complexity index is 427. The molecule has 2 rings (SSSR count). The Morgan fingerprint density at radius 2 is 2.50 bits per heavy atom. The summed E-state index contributed by atoms with van der Waals surface area (Å²) in [5.74, 6) is 0. The van der Waals surface area contributed by atoms with Crippen molar-refractivity contribution >= 4 is 23.7 Å². The number of fused-ring (bicyclic) bond motifs is 1. The van der Waals surface area contributed by atoms with Crippen LogP contribution in [0, 0.1) is 0 Å². The quantitative estimate of drug-likeness (QED) is 0.807. The molecule has 1 amide bonds. The third-order valence-corrected chi connectivity index (χ3v) is 4.11. The number of carbonyl (C=O) groups is 2. The van der Waals surface area contributed by atoms with Crippen LogP contribution in [0.15, 0.2) is 6.07 Å². The Hall–Kier alpha value is -1.36. The fourth-order valence-electron chi connectivity index (χ4n) is 2.17. The van der Waals surface area contributed by atoms with E-state index >= 15 is 0 Å². The molecule has 1 aromatic heterocycles. The third-order valence-electron chi connectivity index (χ3n) is 2.91. The van der Waals surface area contributed by atoms with Crippen LogP contribution < -0.4 is 0 Å². The topological polar surface area (TPSA) is 57.6 Å². The van der Waals surface area contributed by atoms with Gasteiger partial charge in [0.05, 0.1) is 10.9 Å². The SMILES string of the molecule is CCC1c2sc(C=O)cc2CCN1C(=O)O. The van der Waals surface area contributed by atoms with Crippen molar-refractivity contribution in [1.82, 2.24) is 4.90 Å². The number of rotatable bonds is 2. The van der Waals surface area contributed by atoms with Gasteiger partial charge in [0.2, 0.25) is 0 Å². The molecule has 5 heteroatoms.